The second-order valence-corrected chi connectivity index (χ2v) is 10.5. The predicted molar refractivity (Wildman–Crippen MR) is 131 cm³/mol. The Balaban J connectivity index is 1.43. The maximum Gasteiger partial charge on any atom is 0.410 e. The van der Waals surface area contributed by atoms with Crippen molar-refractivity contribution in [3.05, 3.63) is 40.2 Å². The van der Waals surface area contributed by atoms with E-state index in [9.17, 15) is 9.59 Å². The molecular weight excluding hydrogens is 436 g/mol. The average molecular weight is 473 g/mol. The Kier molecular flexibility index (Phi) is 8.89. The van der Waals surface area contributed by atoms with Crippen molar-refractivity contribution in [2.45, 2.75) is 71.8 Å². The number of rotatable bonds is 8. The molecule has 1 fully saturated rings. The largest absolute Gasteiger partial charge is 0.466 e. The highest BCUT2D eigenvalue weighted by molar-refractivity contribution is 7.09. The highest BCUT2D eigenvalue weighted by Crippen LogP contribution is 2.27. The zero-order chi connectivity index (χ0) is 23.8. The number of hydrogen-bond donors (Lipinski definition) is 0. The topological polar surface area (TPSA) is 68.7 Å². The Bertz CT molecular complexity index is 909. The number of esters is 1. The fourth-order valence-electron chi connectivity index (χ4n) is 3.94. The Labute approximate surface area is 201 Å². The Hall–Kier alpha value is -2.41. The minimum absolute atomic E-state index is 0.152. The lowest BCUT2D eigenvalue weighted by molar-refractivity contribution is -0.143. The number of aryl methyl sites for hydroxylation is 2. The number of amides is 1. The standard InChI is InChI=1S/C26H36N2O4S/c1-5-31-24(29)13-9-19-6-10-21(11-7-19)22-18-33-23(27-22)12-8-20-14-16-28(17-15-20)25(30)32-26(2,3)4/h6-7,10-11,18,20H,5,8-9,12-17H2,1-4H3. The number of carbonyl (C=O) groups excluding carboxylic acids is 2. The third-order valence-electron chi connectivity index (χ3n) is 5.76. The summed E-state index contributed by atoms with van der Waals surface area (Å²) in [4.78, 5) is 30.4. The van der Waals surface area contributed by atoms with Gasteiger partial charge in [0.1, 0.15) is 5.60 Å². The summed E-state index contributed by atoms with van der Waals surface area (Å²) in [5.41, 5.74) is 2.79. The first kappa shape index (κ1) is 25.2. The van der Waals surface area contributed by atoms with Gasteiger partial charge in [0.2, 0.25) is 0 Å². The summed E-state index contributed by atoms with van der Waals surface area (Å²) in [6, 6.07) is 8.27. The zero-order valence-electron chi connectivity index (χ0n) is 20.3. The molecule has 1 saturated heterocycles. The lowest BCUT2D eigenvalue weighted by atomic mass is 9.92. The van der Waals surface area contributed by atoms with Gasteiger partial charge in [0.15, 0.2) is 0 Å². The number of piperidine rings is 1. The second kappa shape index (κ2) is 11.6. The molecule has 0 aliphatic carbocycles. The normalized spacial score (nSPS) is 14.8. The van der Waals surface area contributed by atoms with E-state index in [2.05, 4.69) is 29.6 Å². The summed E-state index contributed by atoms with van der Waals surface area (Å²) in [6.07, 6.45) is 5.01. The molecule has 2 heterocycles. The van der Waals surface area contributed by atoms with E-state index in [0.29, 0.717) is 25.4 Å². The molecule has 0 spiro atoms. The molecule has 0 atom stereocenters. The van der Waals surface area contributed by atoms with Crippen LogP contribution < -0.4 is 0 Å². The Morgan fingerprint density at radius 3 is 2.45 bits per heavy atom. The van der Waals surface area contributed by atoms with E-state index in [0.717, 1.165) is 60.6 Å². The van der Waals surface area contributed by atoms with Crippen molar-refractivity contribution in [3.8, 4) is 11.3 Å². The summed E-state index contributed by atoms with van der Waals surface area (Å²) in [5.74, 6) is 0.468. The van der Waals surface area contributed by atoms with Gasteiger partial charge in [0.05, 0.1) is 17.3 Å². The van der Waals surface area contributed by atoms with Crippen LogP contribution in [0.5, 0.6) is 0 Å². The first-order chi connectivity index (χ1) is 15.7. The number of ether oxygens (including phenoxy) is 2. The number of likely N-dealkylation sites (tertiary alicyclic amines) is 1. The minimum atomic E-state index is -0.445. The van der Waals surface area contributed by atoms with Crippen molar-refractivity contribution in [2.75, 3.05) is 19.7 Å². The van der Waals surface area contributed by atoms with Crippen LogP contribution in [0.3, 0.4) is 0 Å². The summed E-state index contributed by atoms with van der Waals surface area (Å²) in [6.45, 7) is 9.50. The molecule has 1 aliphatic rings. The zero-order valence-corrected chi connectivity index (χ0v) is 21.1. The maximum atomic E-state index is 12.2. The summed E-state index contributed by atoms with van der Waals surface area (Å²) < 4.78 is 10.5. The van der Waals surface area contributed by atoms with Crippen LogP contribution in [0, 0.1) is 5.92 Å². The quantitative estimate of drug-likeness (QED) is 0.448. The number of hydrogen-bond acceptors (Lipinski definition) is 6. The molecule has 1 aromatic carbocycles. The van der Waals surface area contributed by atoms with Crippen molar-refractivity contribution in [1.82, 2.24) is 9.88 Å². The predicted octanol–water partition coefficient (Wildman–Crippen LogP) is 5.89. The fraction of sp³-hybridized carbons (Fsp3) is 0.577. The number of carbonyl (C=O) groups is 2. The van der Waals surface area contributed by atoms with E-state index in [-0.39, 0.29) is 12.1 Å². The first-order valence-electron chi connectivity index (χ1n) is 11.9. The van der Waals surface area contributed by atoms with Gasteiger partial charge in [-0.25, -0.2) is 9.78 Å². The highest BCUT2D eigenvalue weighted by Gasteiger charge is 2.26. The third-order valence-corrected chi connectivity index (χ3v) is 6.67. The van der Waals surface area contributed by atoms with E-state index in [1.807, 2.05) is 32.6 Å². The van der Waals surface area contributed by atoms with E-state index in [1.165, 1.54) is 0 Å². The summed E-state index contributed by atoms with van der Waals surface area (Å²) in [7, 11) is 0. The van der Waals surface area contributed by atoms with Gasteiger partial charge in [0.25, 0.3) is 0 Å². The van der Waals surface area contributed by atoms with Gasteiger partial charge in [-0.3, -0.25) is 4.79 Å². The van der Waals surface area contributed by atoms with Crippen molar-refractivity contribution in [1.29, 1.82) is 0 Å². The summed E-state index contributed by atoms with van der Waals surface area (Å²) >= 11 is 1.71. The first-order valence-corrected chi connectivity index (χ1v) is 12.8. The summed E-state index contributed by atoms with van der Waals surface area (Å²) in [5, 5.41) is 3.28. The molecule has 1 amide bonds. The molecule has 0 unspecified atom stereocenters. The average Bonchev–Trinajstić information content (AvgIpc) is 3.25. The van der Waals surface area contributed by atoms with Crippen LogP contribution in [-0.2, 0) is 27.1 Å². The van der Waals surface area contributed by atoms with Crippen LogP contribution in [-0.4, -0.2) is 47.2 Å². The molecule has 2 aromatic rings. The van der Waals surface area contributed by atoms with Gasteiger partial charge in [0, 0.05) is 30.5 Å². The Morgan fingerprint density at radius 1 is 1.12 bits per heavy atom. The smallest absolute Gasteiger partial charge is 0.410 e. The lowest BCUT2D eigenvalue weighted by Gasteiger charge is -2.33. The van der Waals surface area contributed by atoms with Crippen LogP contribution >= 0.6 is 11.3 Å². The number of nitrogens with zero attached hydrogens (tertiary/aromatic N) is 2. The number of benzene rings is 1. The van der Waals surface area contributed by atoms with Crippen molar-refractivity contribution >= 4 is 23.4 Å². The molecule has 33 heavy (non-hydrogen) atoms. The van der Waals surface area contributed by atoms with Gasteiger partial charge in [-0.05, 0) is 71.3 Å². The number of thiazole rings is 1. The van der Waals surface area contributed by atoms with E-state index in [4.69, 9.17) is 14.5 Å². The molecule has 6 nitrogen and oxygen atoms in total. The molecule has 1 aromatic heterocycles. The maximum absolute atomic E-state index is 12.2. The SMILES string of the molecule is CCOC(=O)CCc1ccc(-c2csc(CCC3CCN(C(=O)OC(C)(C)C)CC3)n2)cc1. The second-order valence-electron chi connectivity index (χ2n) is 9.58. The highest BCUT2D eigenvalue weighted by atomic mass is 32.1. The molecule has 0 bridgehead atoms. The third kappa shape index (κ3) is 8.14. The van der Waals surface area contributed by atoms with Gasteiger partial charge >= 0.3 is 12.1 Å². The fourth-order valence-corrected chi connectivity index (χ4v) is 4.76. The monoisotopic (exact) mass is 472 g/mol. The minimum Gasteiger partial charge on any atom is -0.466 e. The molecular formula is C26H36N2O4S. The van der Waals surface area contributed by atoms with Crippen molar-refractivity contribution in [3.63, 3.8) is 0 Å². The van der Waals surface area contributed by atoms with Crippen molar-refractivity contribution in [2.24, 2.45) is 5.92 Å². The van der Waals surface area contributed by atoms with E-state index < -0.39 is 5.60 Å². The van der Waals surface area contributed by atoms with Crippen LogP contribution in [0.1, 0.15) is 63.9 Å². The van der Waals surface area contributed by atoms with Crippen molar-refractivity contribution < 1.29 is 19.1 Å². The molecule has 0 saturated carbocycles. The molecule has 0 N–H and O–H groups in total. The van der Waals surface area contributed by atoms with Crippen LogP contribution in [0.25, 0.3) is 11.3 Å². The van der Waals surface area contributed by atoms with Crippen LogP contribution in [0.15, 0.2) is 29.6 Å². The van der Waals surface area contributed by atoms with Gasteiger partial charge < -0.3 is 14.4 Å². The van der Waals surface area contributed by atoms with Crippen LogP contribution in [0.2, 0.25) is 0 Å². The van der Waals surface area contributed by atoms with E-state index in [1.54, 1.807) is 11.3 Å². The number of aromatic nitrogens is 1. The lowest BCUT2D eigenvalue weighted by Crippen LogP contribution is -2.41. The molecule has 0 radical (unpaired) electrons. The Morgan fingerprint density at radius 2 is 1.82 bits per heavy atom. The molecule has 1 aliphatic heterocycles. The van der Waals surface area contributed by atoms with Gasteiger partial charge in [-0.2, -0.15) is 0 Å². The molecule has 180 valence electrons. The van der Waals surface area contributed by atoms with Gasteiger partial charge in [-0.1, -0.05) is 24.3 Å². The molecule has 3 rings (SSSR count). The van der Waals surface area contributed by atoms with Gasteiger partial charge in [-0.15, -0.1) is 11.3 Å². The molecule has 7 heteroatoms. The van der Waals surface area contributed by atoms with Crippen LogP contribution in [0.4, 0.5) is 4.79 Å². The van der Waals surface area contributed by atoms with E-state index >= 15 is 0 Å².